The number of methoxy groups -OCH3 is 2. The van der Waals surface area contributed by atoms with Crippen molar-refractivity contribution >= 4 is 34.2 Å². The Morgan fingerprint density at radius 1 is 0.769 bits per heavy atom. The summed E-state index contributed by atoms with van der Waals surface area (Å²) in [4.78, 5) is 26.9. The van der Waals surface area contributed by atoms with Crippen molar-refractivity contribution in [2.24, 2.45) is 0 Å². The van der Waals surface area contributed by atoms with Crippen LogP contribution in [0.15, 0.2) is 108 Å². The Kier molecular flexibility index (Phi) is 7.59. The van der Waals surface area contributed by atoms with E-state index >= 15 is 0 Å². The molecule has 2 amide bonds. The standard InChI is InChI=1S/C32H28N2O5/c1-37-23-17-18-26(28(19-23)38-2)33-32(36)31-30(24-15-9-10-16-27(24)39-31)34-29(35)20-25(21-11-5-3-6-12-21)22-13-7-4-8-14-22/h3-19,25H,20H2,1-2H3,(H,33,36)(H,34,35). The van der Waals surface area contributed by atoms with E-state index in [1.807, 2.05) is 78.9 Å². The molecule has 5 aromatic rings. The van der Waals surface area contributed by atoms with Gasteiger partial charge in [-0.1, -0.05) is 72.8 Å². The molecule has 5 rings (SSSR count). The van der Waals surface area contributed by atoms with Crippen molar-refractivity contribution in [3.63, 3.8) is 0 Å². The van der Waals surface area contributed by atoms with Crippen LogP contribution in [0, 0.1) is 0 Å². The molecule has 0 aliphatic heterocycles. The summed E-state index contributed by atoms with van der Waals surface area (Å²) < 4.78 is 16.6. The number of hydrogen-bond donors (Lipinski definition) is 2. The smallest absolute Gasteiger partial charge is 0.293 e. The van der Waals surface area contributed by atoms with E-state index in [0.29, 0.717) is 33.8 Å². The molecule has 0 fully saturated rings. The minimum Gasteiger partial charge on any atom is -0.497 e. The Balaban J connectivity index is 1.45. The van der Waals surface area contributed by atoms with Gasteiger partial charge in [-0.15, -0.1) is 0 Å². The van der Waals surface area contributed by atoms with Crippen molar-refractivity contribution in [1.82, 2.24) is 0 Å². The number of ether oxygens (including phenoxy) is 2. The summed E-state index contributed by atoms with van der Waals surface area (Å²) in [5, 5.41) is 6.44. The van der Waals surface area contributed by atoms with Crippen LogP contribution in [-0.4, -0.2) is 26.0 Å². The van der Waals surface area contributed by atoms with Gasteiger partial charge in [-0.2, -0.15) is 0 Å². The van der Waals surface area contributed by atoms with Gasteiger partial charge in [-0.25, -0.2) is 0 Å². The molecular weight excluding hydrogens is 492 g/mol. The molecule has 0 saturated heterocycles. The number of para-hydroxylation sites is 1. The first-order valence-electron chi connectivity index (χ1n) is 12.5. The second-order valence-corrected chi connectivity index (χ2v) is 8.95. The van der Waals surface area contributed by atoms with Gasteiger partial charge >= 0.3 is 0 Å². The predicted molar refractivity (Wildman–Crippen MR) is 152 cm³/mol. The molecule has 0 radical (unpaired) electrons. The van der Waals surface area contributed by atoms with E-state index < -0.39 is 5.91 Å². The summed E-state index contributed by atoms with van der Waals surface area (Å²) in [7, 11) is 3.06. The fraction of sp³-hybridized carbons (Fsp3) is 0.125. The van der Waals surface area contributed by atoms with E-state index in [1.165, 1.54) is 7.11 Å². The van der Waals surface area contributed by atoms with E-state index in [-0.39, 0.29) is 24.0 Å². The molecule has 7 nitrogen and oxygen atoms in total. The Morgan fingerprint density at radius 2 is 1.41 bits per heavy atom. The zero-order valence-corrected chi connectivity index (χ0v) is 21.6. The highest BCUT2D eigenvalue weighted by atomic mass is 16.5. The van der Waals surface area contributed by atoms with Crippen LogP contribution >= 0.6 is 0 Å². The van der Waals surface area contributed by atoms with Crippen LogP contribution in [0.3, 0.4) is 0 Å². The molecule has 0 aliphatic carbocycles. The molecule has 196 valence electrons. The van der Waals surface area contributed by atoms with Crippen molar-refractivity contribution in [3.05, 3.63) is 120 Å². The molecule has 2 N–H and O–H groups in total. The van der Waals surface area contributed by atoms with Crippen LogP contribution in [0.25, 0.3) is 11.0 Å². The molecule has 0 aliphatic rings. The Bertz CT molecular complexity index is 1560. The SMILES string of the molecule is COc1ccc(NC(=O)c2oc3ccccc3c2NC(=O)CC(c2ccccc2)c2ccccc2)c(OC)c1. The zero-order valence-electron chi connectivity index (χ0n) is 21.6. The molecule has 4 aromatic carbocycles. The van der Waals surface area contributed by atoms with Gasteiger partial charge in [0.2, 0.25) is 11.7 Å². The van der Waals surface area contributed by atoms with Gasteiger partial charge < -0.3 is 24.5 Å². The summed E-state index contributed by atoms with van der Waals surface area (Å²) in [5.74, 6) is 0.0960. The number of hydrogen-bond acceptors (Lipinski definition) is 5. The minimum atomic E-state index is -0.521. The summed E-state index contributed by atoms with van der Waals surface area (Å²) in [6.07, 6.45) is 0.181. The second kappa shape index (κ2) is 11.6. The lowest BCUT2D eigenvalue weighted by atomic mass is 9.88. The van der Waals surface area contributed by atoms with Gasteiger partial charge in [0.05, 0.1) is 19.9 Å². The van der Waals surface area contributed by atoms with E-state index in [1.54, 1.807) is 31.4 Å². The minimum absolute atomic E-state index is 0.00149. The van der Waals surface area contributed by atoms with Crippen LogP contribution in [0.4, 0.5) is 11.4 Å². The maximum absolute atomic E-state index is 13.5. The van der Waals surface area contributed by atoms with Gasteiger partial charge in [0.1, 0.15) is 22.8 Å². The third kappa shape index (κ3) is 5.62. The maximum atomic E-state index is 13.5. The number of amides is 2. The highest BCUT2D eigenvalue weighted by Crippen LogP contribution is 2.35. The van der Waals surface area contributed by atoms with Crippen molar-refractivity contribution in [2.75, 3.05) is 24.9 Å². The average Bonchev–Trinajstić information content (AvgIpc) is 3.35. The third-order valence-corrected chi connectivity index (χ3v) is 6.52. The number of carbonyl (C=O) groups is 2. The highest BCUT2D eigenvalue weighted by molar-refractivity contribution is 6.15. The van der Waals surface area contributed by atoms with Crippen LogP contribution in [0.1, 0.15) is 34.0 Å². The first kappa shape index (κ1) is 25.6. The predicted octanol–water partition coefficient (Wildman–Crippen LogP) is 6.86. The molecule has 1 aromatic heterocycles. The van der Waals surface area contributed by atoms with Crippen LogP contribution in [0.5, 0.6) is 11.5 Å². The first-order valence-corrected chi connectivity index (χ1v) is 12.5. The molecule has 0 atom stereocenters. The molecule has 0 saturated carbocycles. The van der Waals surface area contributed by atoms with Crippen LogP contribution in [-0.2, 0) is 4.79 Å². The zero-order chi connectivity index (χ0) is 27.2. The van der Waals surface area contributed by atoms with Gasteiger partial charge in [0, 0.05) is 23.8 Å². The topological polar surface area (TPSA) is 89.8 Å². The Labute approximate surface area is 226 Å². The number of carbonyl (C=O) groups excluding carboxylic acids is 2. The number of benzene rings is 4. The van der Waals surface area contributed by atoms with E-state index in [4.69, 9.17) is 13.9 Å². The fourth-order valence-corrected chi connectivity index (χ4v) is 4.59. The number of nitrogens with one attached hydrogen (secondary N) is 2. The number of rotatable bonds is 9. The molecular formula is C32H28N2O5. The molecule has 0 spiro atoms. The lowest BCUT2D eigenvalue weighted by molar-refractivity contribution is -0.116. The van der Waals surface area contributed by atoms with Crippen molar-refractivity contribution in [1.29, 1.82) is 0 Å². The first-order chi connectivity index (χ1) is 19.1. The van der Waals surface area contributed by atoms with Crippen molar-refractivity contribution < 1.29 is 23.5 Å². The Morgan fingerprint density at radius 3 is 2.05 bits per heavy atom. The molecule has 39 heavy (non-hydrogen) atoms. The quantitative estimate of drug-likeness (QED) is 0.222. The van der Waals surface area contributed by atoms with Gasteiger partial charge in [-0.3, -0.25) is 9.59 Å². The van der Waals surface area contributed by atoms with Gasteiger partial charge in [0.15, 0.2) is 0 Å². The molecule has 0 unspecified atom stereocenters. The van der Waals surface area contributed by atoms with E-state index in [2.05, 4.69) is 10.6 Å². The number of furan rings is 1. The van der Waals surface area contributed by atoms with E-state index in [0.717, 1.165) is 11.1 Å². The monoisotopic (exact) mass is 520 g/mol. The maximum Gasteiger partial charge on any atom is 0.293 e. The van der Waals surface area contributed by atoms with Crippen molar-refractivity contribution in [3.8, 4) is 11.5 Å². The third-order valence-electron chi connectivity index (χ3n) is 6.52. The number of fused-ring (bicyclic) bond motifs is 1. The fourth-order valence-electron chi connectivity index (χ4n) is 4.59. The molecule has 1 heterocycles. The largest absolute Gasteiger partial charge is 0.497 e. The lowest BCUT2D eigenvalue weighted by Crippen LogP contribution is -2.19. The summed E-state index contributed by atoms with van der Waals surface area (Å²) in [6.45, 7) is 0. The summed E-state index contributed by atoms with van der Waals surface area (Å²) >= 11 is 0. The normalized spacial score (nSPS) is 10.8. The summed E-state index contributed by atoms with van der Waals surface area (Å²) in [6, 6.07) is 32.1. The average molecular weight is 521 g/mol. The lowest BCUT2D eigenvalue weighted by Gasteiger charge is -2.18. The second-order valence-electron chi connectivity index (χ2n) is 8.95. The molecule has 7 heteroatoms. The van der Waals surface area contributed by atoms with Crippen molar-refractivity contribution in [2.45, 2.75) is 12.3 Å². The Hall–Kier alpha value is -5.04. The van der Waals surface area contributed by atoms with Crippen LogP contribution < -0.4 is 20.1 Å². The summed E-state index contributed by atoms with van der Waals surface area (Å²) in [5.41, 5.74) is 3.30. The van der Waals surface area contributed by atoms with E-state index in [9.17, 15) is 9.59 Å². The highest BCUT2D eigenvalue weighted by Gasteiger charge is 2.25. The number of anilines is 2. The molecule has 0 bridgehead atoms. The van der Waals surface area contributed by atoms with Gasteiger partial charge in [-0.05, 0) is 35.4 Å². The van der Waals surface area contributed by atoms with Crippen LogP contribution in [0.2, 0.25) is 0 Å². The van der Waals surface area contributed by atoms with Gasteiger partial charge in [0.25, 0.3) is 5.91 Å².